The molecule has 1 aliphatic heterocycles. The van der Waals surface area contributed by atoms with Gasteiger partial charge >= 0.3 is 0 Å². The van der Waals surface area contributed by atoms with Crippen LogP contribution in [-0.2, 0) is 9.53 Å². The number of fused-ring (bicyclic) bond motifs is 1. The van der Waals surface area contributed by atoms with Gasteiger partial charge in [-0.1, -0.05) is 6.42 Å². The van der Waals surface area contributed by atoms with Gasteiger partial charge in [0, 0.05) is 36.8 Å². The third-order valence-corrected chi connectivity index (χ3v) is 6.67. The molecule has 1 amide bonds. The quantitative estimate of drug-likeness (QED) is 0.832. The number of anilines is 1. The van der Waals surface area contributed by atoms with Gasteiger partial charge in [0.1, 0.15) is 17.9 Å². The van der Waals surface area contributed by atoms with Crippen molar-refractivity contribution in [3.05, 3.63) is 24.7 Å². The highest BCUT2D eigenvalue weighted by Gasteiger charge is 2.59. The van der Waals surface area contributed by atoms with Crippen molar-refractivity contribution in [3.63, 3.8) is 0 Å². The van der Waals surface area contributed by atoms with Gasteiger partial charge in [0.05, 0.1) is 6.61 Å². The van der Waals surface area contributed by atoms with E-state index in [9.17, 15) is 4.79 Å². The number of aromatic nitrogens is 3. The van der Waals surface area contributed by atoms with Crippen LogP contribution in [0.1, 0.15) is 25.7 Å². The maximum Gasteiger partial charge on any atom is 0.250 e. The Morgan fingerprint density at radius 1 is 1.37 bits per heavy atom. The summed E-state index contributed by atoms with van der Waals surface area (Å²) in [6.07, 6.45) is 7.58. The molecular weight excluding hydrogens is 344 g/mol. The highest BCUT2D eigenvalue weighted by molar-refractivity contribution is 5.82. The van der Waals surface area contributed by atoms with Crippen LogP contribution in [0.5, 0.6) is 0 Å². The Bertz CT molecular complexity index is 848. The summed E-state index contributed by atoms with van der Waals surface area (Å²) >= 11 is 0. The number of hydrogen-bond acceptors (Lipinski definition) is 6. The van der Waals surface area contributed by atoms with E-state index < -0.39 is 0 Å². The van der Waals surface area contributed by atoms with Gasteiger partial charge in [0.2, 0.25) is 0 Å². The van der Waals surface area contributed by atoms with E-state index in [1.807, 2.05) is 29.9 Å². The molecule has 3 heterocycles. The minimum Gasteiger partial charge on any atom is -0.366 e. The minimum atomic E-state index is -0.352. The van der Waals surface area contributed by atoms with Crippen molar-refractivity contribution in [2.75, 3.05) is 32.1 Å². The number of hydrogen-bond donors (Lipinski definition) is 2. The highest BCUT2D eigenvalue weighted by atomic mass is 16.5. The lowest BCUT2D eigenvalue weighted by atomic mass is 9.49. The van der Waals surface area contributed by atoms with Gasteiger partial charge in [-0.15, -0.1) is 0 Å². The van der Waals surface area contributed by atoms with Crippen molar-refractivity contribution in [2.45, 2.75) is 43.9 Å². The van der Waals surface area contributed by atoms with E-state index >= 15 is 0 Å². The summed E-state index contributed by atoms with van der Waals surface area (Å²) in [6, 6.07) is 4.54. The van der Waals surface area contributed by atoms with Gasteiger partial charge in [-0.2, -0.15) is 5.10 Å². The number of carbonyl (C=O) groups is 1. The lowest BCUT2D eigenvalue weighted by Crippen LogP contribution is -2.70. The molecule has 3 atom stereocenters. The van der Waals surface area contributed by atoms with Gasteiger partial charge < -0.3 is 20.3 Å². The number of morpholine rings is 1. The molecule has 3 aliphatic rings. The third-order valence-electron chi connectivity index (χ3n) is 6.67. The number of ether oxygens (including phenoxy) is 1. The van der Waals surface area contributed by atoms with E-state index in [1.165, 1.54) is 6.42 Å². The molecule has 8 nitrogen and oxygen atoms in total. The molecule has 2 aromatic heterocycles. The standard InChI is InChI=1S/C19H26N6O2/c1-24-8-9-27-14(11-24)18(26)23-16-10-15(19(16)5-3-6-19)22-17-13-4-2-7-25(13)21-12-20-17/h2,4,7,12,14-16H,3,5-6,8-11H2,1H3,(H,23,26)(H,20,21,22). The lowest BCUT2D eigenvalue weighted by molar-refractivity contribution is -0.143. The molecule has 1 saturated heterocycles. The summed E-state index contributed by atoms with van der Waals surface area (Å²) in [6.45, 7) is 2.17. The molecule has 3 unspecified atom stereocenters. The Morgan fingerprint density at radius 3 is 3.04 bits per heavy atom. The molecule has 2 aliphatic carbocycles. The Hall–Kier alpha value is -2.19. The van der Waals surface area contributed by atoms with Crippen LogP contribution in [0.15, 0.2) is 24.7 Å². The molecule has 27 heavy (non-hydrogen) atoms. The Balaban J connectivity index is 1.26. The van der Waals surface area contributed by atoms with Gasteiger partial charge in [-0.05, 0) is 38.4 Å². The number of rotatable bonds is 4. The molecule has 8 heteroatoms. The molecular formula is C19H26N6O2. The average Bonchev–Trinajstić information content (AvgIpc) is 3.08. The van der Waals surface area contributed by atoms with Gasteiger partial charge in [-0.3, -0.25) is 4.79 Å². The fraction of sp³-hybridized carbons (Fsp3) is 0.632. The molecule has 2 saturated carbocycles. The van der Waals surface area contributed by atoms with Gasteiger partial charge in [-0.25, -0.2) is 9.50 Å². The number of nitrogens with one attached hydrogen (secondary N) is 2. The first-order valence-electron chi connectivity index (χ1n) is 9.81. The van der Waals surface area contributed by atoms with E-state index in [0.29, 0.717) is 19.2 Å². The molecule has 144 valence electrons. The first kappa shape index (κ1) is 16.9. The number of amides is 1. The smallest absolute Gasteiger partial charge is 0.250 e. The van der Waals surface area contributed by atoms with Crippen LogP contribution >= 0.6 is 0 Å². The second-order valence-electron chi connectivity index (χ2n) is 8.15. The van der Waals surface area contributed by atoms with E-state index in [0.717, 1.165) is 37.1 Å². The summed E-state index contributed by atoms with van der Waals surface area (Å²) in [4.78, 5) is 19.3. The first-order chi connectivity index (χ1) is 13.2. The van der Waals surface area contributed by atoms with Crippen LogP contribution in [-0.4, -0.2) is 70.3 Å². The SMILES string of the molecule is CN1CCOC(C(=O)NC2CC(Nc3ncnn4cccc34)C23CCC3)C1. The zero-order chi connectivity index (χ0) is 18.4. The summed E-state index contributed by atoms with van der Waals surface area (Å²) in [5, 5.41) is 11.1. The van der Waals surface area contributed by atoms with E-state index in [4.69, 9.17) is 4.74 Å². The maximum atomic E-state index is 12.7. The normalized spacial score (nSPS) is 29.9. The van der Waals surface area contributed by atoms with Gasteiger partial charge in [0.25, 0.3) is 5.91 Å². The molecule has 0 radical (unpaired) electrons. The number of likely N-dealkylation sites (N-methyl/N-ethyl adjacent to an activating group) is 1. The fourth-order valence-electron chi connectivity index (χ4n) is 4.82. The van der Waals surface area contributed by atoms with E-state index in [2.05, 4.69) is 25.6 Å². The monoisotopic (exact) mass is 370 g/mol. The molecule has 1 spiro atoms. The summed E-state index contributed by atoms with van der Waals surface area (Å²) in [5.74, 6) is 0.903. The van der Waals surface area contributed by atoms with Crippen molar-refractivity contribution >= 4 is 17.2 Å². The predicted molar refractivity (Wildman–Crippen MR) is 100 cm³/mol. The van der Waals surface area contributed by atoms with Crippen molar-refractivity contribution < 1.29 is 9.53 Å². The first-order valence-corrected chi connectivity index (χ1v) is 9.81. The highest BCUT2D eigenvalue weighted by Crippen LogP contribution is 2.56. The zero-order valence-electron chi connectivity index (χ0n) is 15.6. The molecule has 5 rings (SSSR count). The van der Waals surface area contributed by atoms with Crippen LogP contribution < -0.4 is 10.6 Å². The summed E-state index contributed by atoms with van der Waals surface area (Å²) in [7, 11) is 2.03. The zero-order valence-corrected chi connectivity index (χ0v) is 15.6. The van der Waals surface area contributed by atoms with E-state index in [-0.39, 0.29) is 23.5 Å². The van der Waals surface area contributed by atoms with Crippen molar-refractivity contribution in [2.24, 2.45) is 5.41 Å². The second-order valence-corrected chi connectivity index (χ2v) is 8.15. The lowest BCUT2D eigenvalue weighted by Gasteiger charge is -2.61. The van der Waals surface area contributed by atoms with Crippen LogP contribution in [0, 0.1) is 5.41 Å². The Kier molecular flexibility index (Phi) is 4.05. The van der Waals surface area contributed by atoms with Crippen molar-refractivity contribution in [1.82, 2.24) is 24.8 Å². The largest absolute Gasteiger partial charge is 0.366 e. The molecule has 2 N–H and O–H groups in total. The number of nitrogens with zero attached hydrogens (tertiary/aromatic N) is 4. The fourth-order valence-corrected chi connectivity index (χ4v) is 4.82. The summed E-state index contributed by atoms with van der Waals surface area (Å²) < 4.78 is 7.50. The van der Waals surface area contributed by atoms with Gasteiger partial charge in [0.15, 0.2) is 5.82 Å². The van der Waals surface area contributed by atoms with Crippen molar-refractivity contribution in [1.29, 1.82) is 0 Å². The molecule has 0 bridgehead atoms. The van der Waals surface area contributed by atoms with Crippen LogP contribution in [0.2, 0.25) is 0 Å². The van der Waals surface area contributed by atoms with Crippen LogP contribution in [0.3, 0.4) is 0 Å². The maximum absolute atomic E-state index is 12.7. The van der Waals surface area contributed by atoms with Crippen LogP contribution in [0.25, 0.3) is 5.52 Å². The van der Waals surface area contributed by atoms with Crippen LogP contribution in [0.4, 0.5) is 5.82 Å². The topological polar surface area (TPSA) is 83.8 Å². The summed E-state index contributed by atoms with van der Waals surface area (Å²) in [5.41, 5.74) is 1.13. The van der Waals surface area contributed by atoms with E-state index in [1.54, 1.807) is 6.33 Å². The second kappa shape index (κ2) is 6.45. The third kappa shape index (κ3) is 2.78. The van der Waals surface area contributed by atoms with Crippen molar-refractivity contribution in [3.8, 4) is 0 Å². The Labute approximate surface area is 158 Å². The number of carbonyl (C=O) groups excluding carboxylic acids is 1. The Morgan fingerprint density at radius 2 is 2.26 bits per heavy atom. The molecule has 2 aromatic rings. The molecule has 0 aromatic carbocycles. The predicted octanol–water partition coefficient (Wildman–Crippen LogP) is 0.899. The average molecular weight is 370 g/mol. The molecule has 3 fully saturated rings. The minimum absolute atomic E-state index is 0.0345.